The molecule has 0 aliphatic carbocycles. The van der Waals surface area contributed by atoms with Crippen LogP contribution in [0.3, 0.4) is 0 Å². The lowest BCUT2D eigenvalue weighted by Gasteiger charge is -2.20. The highest BCUT2D eigenvalue weighted by Crippen LogP contribution is 2.19. The number of carbonyl (C=O) groups is 1. The average molecular weight is 464 g/mol. The number of para-hydroxylation sites is 1. The summed E-state index contributed by atoms with van der Waals surface area (Å²) in [6.45, 7) is 9.86. The topological polar surface area (TPSA) is 96.5 Å². The second kappa shape index (κ2) is 10.2. The van der Waals surface area contributed by atoms with E-state index in [1.165, 1.54) is 12.1 Å². The molecule has 0 heterocycles. The second-order valence-corrected chi connectivity index (χ2v) is 10.6. The van der Waals surface area contributed by atoms with Crippen LogP contribution in [-0.2, 0) is 10.0 Å². The number of amides is 1. The predicted molar refractivity (Wildman–Crippen MR) is 127 cm³/mol. The van der Waals surface area contributed by atoms with E-state index in [1.807, 2.05) is 13.8 Å². The smallest absolute Gasteiger partial charge is 0.261 e. The zero-order valence-corrected chi connectivity index (χ0v) is 20.0. The molecule has 0 saturated carbocycles. The van der Waals surface area contributed by atoms with Crippen molar-refractivity contribution in [2.75, 3.05) is 11.9 Å². The number of ether oxygens (including phenoxy) is 1. The molecule has 0 aliphatic rings. The van der Waals surface area contributed by atoms with Crippen molar-refractivity contribution in [1.29, 1.82) is 0 Å². The summed E-state index contributed by atoms with van der Waals surface area (Å²) >= 11 is 5.23. The van der Waals surface area contributed by atoms with Crippen molar-refractivity contribution in [3.05, 3.63) is 54.1 Å². The quantitative estimate of drug-likeness (QED) is 0.539. The molecule has 0 fully saturated rings. The Morgan fingerprint density at radius 3 is 2.26 bits per heavy atom. The molecule has 0 unspecified atom stereocenters. The van der Waals surface area contributed by atoms with Gasteiger partial charge < -0.3 is 10.1 Å². The van der Waals surface area contributed by atoms with E-state index in [2.05, 4.69) is 15.4 Å². The number of benzene rings is 2. The minimum atomic E-state index is -3.63. The summed E-state index contributed by atoms with van der Waals surface area (Å²) in [5.74, 6) is 0.409. The normalized spacial score (nSPS) is 11.8. The maximum Gasteiger partial charge on any atom is 0.261 e. The fourth-order valence-electron chi connectivity index (χ4n) is 2.55. The lowest BCUT2D eigenvalue weighted by Crippen LogP contribution is -2.40. The Morgan fingerprint density at radius 2 is 1.68 bits per heavy atom. The minimum Gasteiger partial charge on any atom is -0.492 e. The summed E-state index contributed by atoms with van der Waals surface area (Å²) in [6, 6.07) is 13.0. The van der Waals surface area contributed by atoms with Crippen LogP contribution in [0.1, 0.15) is 45.0 Å². The number of anilines is 1. The molecule has 0 aromatic heterocycles. The van der Waals surface area contributed by atoms with Gasteiger partial charge in [-0.15, -0.1) is 0 Å². The Kier molecular flexibility index (Phi) is 8.16. The van der Waals surface area contributed by atoms with E-state index in [0.717, 1.165) is 0 Å². The molecule has 1 amide bonds. The summed E-state index contributed by atoms with van der Waals surface area (Å²) in [7, 11) is -3.63. The van der Waals surface area contributed by atoms with E-state index in [9.17, 15) is 13.2 Å². The average Bonchev–Trinajstić information content (AvgIpc) is 2.65. The molecule has 0 bridgehead atoms. The summed E-state index contributed by atoms with van der Waals surface area (Å²) in [6.07, 6.45) is 0. The van der Waals surface area contributed by atoms with Gasteiger partial charge in [-0.2, -0.15) is 0 Å². The largest absolute Gasteiger partial charge is 0.492 e. The summed E-state index contributed by atoms with van der Waals surface area (Å²) in [4.78, 5) is 12.8. The number of thiocarbonyl (C=S) groups is 1. The number of nitrogens with one attached hydrogen (secondary N) is 3. The van der Waals surface area contributed by atoms with Crippen LogP contribution in [0, 0.1) is 5.92 Å². The molecule has 0 spiro atoms. The van der Waals surface area contributed by atoms with E-state index < -0.39 is 21.5 Å². The third kappa shape index (κ3) is 7.93. The first-order chi connectivity index (χ1) is 14.4. The molecule has 0 radical (unpaired) electrons. The molecule has 2 aromatic carbocycles. The van der Waals surface area contributed by atoms with Crippen molar-refractivity contribution in [2.45, 2.75) is 45.1 Å². The highest BCUT2D eigenvalue weighted by atomic mass is 32.2. The highest BCUT2D eigenvalue weighted by Gasteiger charge is 2.22. The van der Waals surface area contributed by atoms with Gasteiger partial charge in [-0.25, -0.2) is 13.1 Å². The lowest BCUT2D eigenvalue weighted by atomic mass is 10.1. The fraction of sp³-hybridized carbons (Fsp3) is 0.364. The standard InChI is InChI=1S/C22H29N3O4S2/c1-15(2)14-29-19-9-7-6-8-18(19)20(26)24-21(30)23-16-10-12-17(13-11-16)31(27,28)25-22(3,4)5/h6-13,15,25H,14H2,1-5H3,(H2,23,24,26,30). The van der Waals surface area contributed by atoms with Crippen molar-refractivity contribution in [3.8, 4) is 5.75 Å². The summed E-state index contributed by atoms with van der Waals surface area (Å²) < 4.78 is 33.1. The lowest BCUT2D eigenvalue weighted by molar-refractivity contribution is 0.0973. The summed E-state index contributed by atoms with van der Waals surface area (Å²) in [5.41, 5.74) is 0.336. The molecule has 0 atom stereocenters. The van der Waals surface area contributed by atoms with Gasteiger partial charge in [0, 0.05) is 11.2 Å². The molecule has 9 heteroatoms. The zero-order chi connectivity index (χ0) is 23.2. The van der Waals surface area contributed by atoms with Crippen molar-refractivity contribution >= 4 is 38.9 Å². The third-order valence-corrected chi connectivity index (χ3v) is 5.77. The first kappa shape index (κ1) is 24.8. The van der Waals surface area contributed by atoms with Crippen LogP contribution in [0.25, 0.3) is 0 Å². The van der Waals surface area contributed by atoms with Gasteiger partial charge in [0.05, 0.1) is 17.1 Å². The first-order valence-corrected chi connectivity index (χ1v) is 11.7. The van der Waals surface area contributed by atoms with Crippen LogP contribution in [0.15, 0.2) is 53.4 Å². The van der Waals surface area contributed by atoms with Gasteiger partial charge in [0.15, 0.2) is 5.11 Å². The van der Waals surface area contributed by atoms with Crippen LogP contribution in [0.4, 0.5) is 5.69 Å². The van der Waals surface area contributed by atoms with Gasteiger partial charge in [0.2, 0.25) is 10.0 Å². The molecule has 168 valence electrons. The highest BCUT2D eigenvalue weighted by molar-refractivity contribution is 7.89. The second-order valence-electron chi connectivity index (χ2n) is 8.49. The Morgan fingerprint density at radius 1 is 1.06 bits per heavy atom. The molecule has 7 nitrogen and oxygen atoms in total. The number of hydrogen-bond donors (Lipinski definition) is 3. The third-order valence-electron chi connectivity index (χ3n) is 3.79. The van der Waals surface area contributed by atoms with Gasteiger partial charge in [-0.1, -0.05) is 26.0 Å². The molecule has 0 saturated heterocycles. The molecule has 31 heavy (non-hydrogen) atoms. The zero-order valence-electron chi connectivity index (χ0n) is 18.4. The van der Waals surface area contributed by atoms with Gasteiger partial charge in [-0.05, 0) is 75.3 Å². The monoisotopic (exact) mass is 463 g/mol. The van der Waals surface area contributed by atoms with Gasteiger partial charge in [0.1, 0.15) is 5.75 Å². The van der Waals surface area contributed by atoms with E-state index in [-0.39, 0.29) is 10.0 Å². The number of carbonyl (C=O) groups excluding carboxylic acids is 1. The molecule has 0 aliphatic heterocycles. The van der Waals surface area contributed by atoms with Gasteiger partial charge >= 0.3 is 0 Å². The number of hydrogen-bond acceptors (Lipinski definition) is 5. The van der Waals surface area contributed by atoms with Crippen LogP contribution < -0.4 is 20.1 Å². The Labute approximate surface area is 189 Å². The Hall–Kier alpha value is -2.49. The maximum absolute atomic E-state index is 12.6. The molecular weight excluding hydrogens is 434 g/mol. The summed E-state index contributed by atoms with van der Waals surface area (Å²) in [5, 5.41) is 5.59. The van der Waals surface area contributed by atoms with E-state index in [1.54, 1.807) is 57.2 Å². The number of sulfonamides is 1. The molecule has 2 rings (SSSR count). The number of rotatable bonds is 7. The van der Waals surface area contributed by atoms with Crippen LogP contribution >= 0.6 is 12.2 Å². The molecular formula is C22H29N3O4S2. The van der Waals surface area contributed by atoms with Crippen LogP contribution in [-0.4, -0.2) is 31.6 Å². The minimum absolute atomic E-state index is 0.0899. The van der Waals surface area contributed by atoms with E-state index >= 15 is 0 Å². The first-order valence-electron chi connectivity index (χ1n) is 9.85. The van der Waals surface area contributed by atoms with E-state index in [4.69, 9.17) is 17.0 Å². The van der Waals surface area contributed by atoms with Crippen molar-refractivity contribution in [2.24, 2.45) is 5.92 Å². The van der Waals surface area contributed by atoms with Crippen molar-refractivity contribution in [1.82, 2.24) is 10.0 Å². The van der Waals surface area contributed by atoms with Crippen LogP contribution in [0.5, 0.6) is 5.75 Å². The van der Waals surface area contributed by atoms with Gasteiger partial charge in [-0.3, -0.25) is 10.1 Å². The maximum atomic E-state index is 12.6. The van der Waals surface area contributed by atoms with Crippen LogP contribution in [0.2, 0.25) is 0 Å². The fourth-order valence-corrected chi connectivity index (χ4v) is 4.18. The molecule has 3 N–H and O–H groups in total. The SMILES string of the molecule is CC(C)COc1ccccc1C(=O)NC(=S)Nc1ccc(S(=O)(=O)NC(C)(C)C)cc1. The van der Waals surface area contributed by atoms with E-state index in [0.29, 0.717) is 29.5 Å². The molecule has 2 aromatic rings. The Bertz CT molecular complexity index is 1030. The van der Waals surface area contributed by atoms with Crippen molar-refractivity contribution in [3.63, 3.8) is 0 Å². The van der Waals surface area contributed by atoms with Crippen molar-refractivity contribution < 1.29 is 17.9 Å². The predicted octanol–water partition coefficient (Wildman–Crippen LogP) is 3.93. The van der Waals surface area contributed by atoms with Gasteiger partial charge in [0.25, 0.3) is 5.91 Å². The Balaban J connectivity index is 2.03.